The summed E-state index contributed by atoms with van der Waals surface area (Å²) in [4.78, 5) is 11.2. The topological polar surface area (TPSA) is 65.0 Å². The highest BCUT2D eigenvalue weighted by Gasteiger charge is 2.26. The zero-order chi connectivity index (χ0) is 11.7. The zero-order valence-electron chi connectivity index (χ0n) is 8.40. The molecule has 0 amide bonds. The molecule has 0 spiro atoms. The highest BCUT2D eigenvalue weighted by atomic mass is 35.5. The van der Waals surface area contributed by atoms with Crippen molar-refractivity contribution in [2.75, 3.05) is 13.9 Å². The van der Waals surface area contributed by atoms with Crippen LogP contribution in [0.25, 0.3) is 0 Å². The number of carbonyl (C=O) groups excluding carboxylic acids is 1. The average molecular weight is 245 g/mol. The number of hydrogen-bond donors (Lipinski definition) is 1. The molecule has 1 atom stereocenters. The SMILES string of the molecule is COC(=O)C(O)c1ccc2c(c1Cl)OCO2. The van der Waals surface area contributed by atoms with Crippen LogP contribution in [0.3, 0.4) is 0 Å². The van der Waals surface area contributed by atoms with Crippen LogP contribution < -0.4 is 9.47 Å². The molecular formula is C10H9ClO5. The fraction of sp³-hybridized carbons (Fsp3) is 0.300. The standard InChI is InChI=1S/C10H9ClO5/c1-14-10(13)8(12)5-2-3-6-9(7(5)11)16-4-15-6/h2-3,8,12H,4H2,1H3. The van der Waals surface area contributed by atoms with Crippen LogP contribution in [0.15, 0.2) is 12.1 Å². The smallest absolute Gasteiger partial charge is 0.339 e. The first kappa shape index (κ1) is 11.0. The number of carbonyl (C=O) groups is 1. The second-order valence-corrected chi connectivity index (χ2v) is 3.51. The van der Waals surface area contributed by atoms with Crippen LogP contribution in [0.5, 0.6) is 11.5 Å². The van der Waals surface area contributed by atoms with Gasteiger partial charge in [0.25, 0.3) is 0 Å². The van der Waals surface area contributed by atoms with Crippen LogP contribution in [0.2, 0.25) is 5.02 Å². The predicted octanol–water partition coefficient (Wildman–Crippen LogP) is 1.28. The van der Waals surface area contributed by atoms with Gasteiger partial charge in [0.15, 0.2) is 17.6 Å². The Bertz CT molecular complexity index is 431. The molecule has 2 rings (SSSR count). The van der Waals surface area contributed by atoms with E-state index in [0.29, 0.717) is 11.5 Å². The van der Waals surface area contributed by atoms with Gasteiger partial charge in [0, 0.05) is 5.56 Å². The van der Waals surface area contributed by atoms with Crippen LogP contribution >= 0.6 is 11.6 Å². The molecule has 16 heavy (non-hydrogen) atoms. The van der Waals surface area contributed by atoms with E-state index in [2.05, 4.69) is 4.74 Å². The minimum Gasteiger partial charge on any atom is -0.467 e. The molecule has 0 fully saturated rings. The minimum absolute atomic E-state index is 0.0762. The largest absolute Gasteiger partial charge is 0.467 e. The summed E-state index contributed by atoms with van der Waals surface area (Å²) in [5, 5.41) is 9.81. The van der Waals surface area contributed by atoms with Crippen LogP contribution in [0.4, 0.5) is 0 Å². The Labute approximate surface area is 96.5 Å². The number of hydrogen-bond acceptors (Lipinski definition) is 5. The van der Waals surface area contributed by atoms with Crippen LogP contribution in [-0.2, 0) is 9.53 Å². The van der Waals surface area contributed by atoms with Gasteiger partial charge < -0.3 is 19.3 Å². The van der Waals surface area contributed by atoms with Crippen LogP contribution in [0.1, 0.15) is 11.7 Å². The molecule has 1 heterocycles. The summed E-state index contributed by atoms with van der Waals surface area (Å²) in [6, 6.07) is 3.08. The van der Waals surface area contributed by atoms with Crippen molar-refractivity contribution in [1.82, 2.24) is 0 Å². The van der Waals surface area contributed by atoms with Crippen molar-refractivity contribution < 1.29 is 24.1 Å². The molecule has 0 saturated carbocycles. The highest BCUT2D eigenvalue weighted by Crippen LogP contribution is 2.42. The molecule has 5 nitrogen and oxygen atoms in total. The van der Waals surface area contributed by atoms with E-state index in [9.17, 15) is 9.90 Å². The lowest BCUT2D eigenvalue weighted by Crippen LogP contribution is -2.13. The lowest BCUT2D eigenvalue weighted by Gasteiger charge is -2.11. The lowest BCUT2D eigenvalue weighted by atomic mass is 10.1. The van der Waals surface area contributed by atoms with Crippen molar-refractivity contribution in [2.45, 2.75) is 6.10 Å². The van der Waals surface area contributed by atoms with Gasteiger partial charge in [-0.2, -0.15) is 0 Å². The van der Waals surface area contributed by atoms with Gasteiger partial charge in [-0.05, 0) is 6.07 Å². The van der Waals surface area contributed by atoms with Crippen molar-refractivity contribution in [3.8, 4) is 11.5 Å². The minimum atomic E-state index is -1.42. The molecule has 1 aromatic carbocycles. The van der Waals surface area contributed by atoms with E-state index in [1.54, 1.807) is 6.07 Å². The van der Waals surface area contributed by atoms with Gasteiger partial charge in [-0.15, -0.1) is 0 Å². The maximum Gasteiger partial charge on any atom is 0.339 e. The van der Waals surface area contributed by atoms with E-state index in [1.807, 2.05) is 0 Å². The molecule has 0 saturated heterocycles. The second kappa shape index (κ2) is 4.19. The molecular weight excluding hydrogens is 236 g/mol. The predicted molar refractivity (Wildman–Crippen MR) is 54.6 cm³/mol. The third-order valence-electron chi connectivity index (χ3n) is 2.23. The monoisotopic (exact) mass is 244 g/mol. The van der Waals surface area contributed by atoms with Gasteiger partial charge in [-0.3, -0.25) is 0 Å². The summed E-state index contributed by atoms with van der Waals surface area (Å²) in [6.45, 7) is 0.0762. The molecule has 0 aliphatic carbocycles. The molecule has 1 aliphatic rings. The first-order valence-electron chi connectivity index (χ1n) is 4.49. The Morgan fingerprint density at radius 2 is 2.31 bits per heavy atom. The first-order valence-corrected chi connectivity index (χ1v) is 4.87. The normalized spacial score (nSPS) is 14.7. The summed E-state index contributed by atoms with van der Waals surface area (Å²) >= 11 is 5.98. The number of methoxy groups -OCH3 is 1. The van der Waals surface area contributed by atoms with E-state index in [1.165, 1.54) is 13.2 Å². The summed E-state index contributed by atoms with van der Waals surface area (Å²) in [6.07, 6.45) is -1.42. The Morgan fingerprint density at radius 1 is 1.56 bits per heavy atom. The summed E-state index contributed by atoms with van der Waals surface area (Å²) in [5.74, 6) is 0.0497. The fourth-order valence-electron chi connectivity index (χ4n) is 1.40. The van der Waals surface area contributed by atoms with Gasteiger partial charge >= 0.3 is 5.97 Å². The molecule has 1 unspecified atom stereocenters. The summed E-state index contributed by atoms with van der Waals surface area (Å²) < 4.78 is 14.6. The number of benzene rings is 1. The average Bonchev–Trinajstić information content (AvgIpc) is 2.76. The Hall–Kier alpha value is -1.46. The Balaban J connectivity index is 2.39. The summed E-state index contributed by atoms with van der Waals surface area (Å²) in [5.41, 5.74) is 0.234. The van der Waals surface area contributed by atoms with E-state index in [0.717, 1.165) is 0 Å². The molecule has 1 aromatic rings. The fourth-order valence-corrected chi connectivity index (χ4v) is 1.72. The molecule has 86 valence electrons. The van der Waals surface area contributed by atoms with Gasteiger partial charge in [-0.25, -0.2) is 4.79 Å². The molecule has 6 heteroatoms. The molecule has 0 aromatic heterocycles. The quantitative estimate of drug-likeness (QED) is 0.794. The van der Waals surface area contributed by atoms with Crippen molar-refractivity contribution in [1.29, 1.82) is 0 Å². The number of rotatable bonds is 2. The van der Waals surface area contributed by atoms with Crippen molar-refractivity contribution in [2.24, 2.45) is 0 Å². The second-order valence-electron chi connectivity index (χ2n) is 3.13. The van der Waals surface area contributed by atoms with Crippen LogP contribution in [0, 0.1) is 0 Å². The molecule has 1 N–H and O–H groups in total. The first-order chi connectivity index (χ1) is 7.65. The maximum absolute atomic E-state index is 11.2. The third kappa shape index (κ3) is 1.68. The van der Waals surface area contributed by atoms with Gasteiger partial charge in [0.2, 0.25) is 6.79 Å². The zero-order valence-corrected chi connectivity index (χ0v) is 9.15. The number of aliphatic hydroxyl groups excluding tert-OH is 1. The Kier molecular flexibility index (Phi) is 2.89. The third-order valence-corrected chi connectivity index (χ3v) is 2.62. The highest BCUT2D eigenvalue weighted by molar-refractivity contribution is 6.33. The van der Waals surface area contributed by atoms with Crippen molar-refractivity contribution in [3.05, 3.63) is 22.7 Å². The molecule has 0 bridgehead atoms. The number of aliphatic hydroxyl groups is 1. The van der Waals surface area contributed by atoms with E-state index in [4.69, 9.17) is 21.1 Å². The Morgan fingerprint density at radius 3 is 3.00 bits per heavy atom. The van der Waals surface area contributed by atoms with E-state index >= 15 is 0 Å². The van der Waals surface area contributed by atoms with Gasteiger partial charge in [0.05, 0.1) is 12.1 Å². The maximum atomic E-state index is 11.2. The molecule has 0 radical (unpaired) electrons. The van der Waals surface area contributed by atoms with Gasteiger partial charge in [-0.1, -0.05) is 17.7 Å². The number of esters is 1. The van der Waals surface area contributed by atoms with Crippen molar-refractivity contribution >= 4 is 17.6 Å². The lowest BCUT2D eigenvalue weighted by molar-refractivity contribution is -0.150. The summed E-state index contributed by atoms with van der Waals surface area (Å²) in [7, 11) is 1.19. The van der Waals surface area contributed by atoms with Crippen LogP contribution in [-0.4, -0.2) is 25.0 Å². The van der Waals surface area contributed by atoms with E-state index < -0.39 is 12.1 Å². The molecule has 1 aliphatic heterocycles. The number of fused-ring (bicyclic) bond motifs is 1. The number of ether oxygens (including phenoxy) is 3. The van der Waals surface area contributed by atoms with Crippen molar-refractivity contribution in [3.63, 3.8) is 0 Å². The van der Waals surface area contributed by atoms with Gasteiger partial charge in [0.1, 0.15) is 0 Å². The van der Waals surface area contributed by atoms with E-state index in [-0.39, 0.29) is 17.4 Å². The number of halogens is 1.